The summed E-state index contributed by atoms with van der Waals surface area (Å²) in [4.78, 5) is 11.8. The van der Waals surface area contributed by atoms with Crippen molar-refractivity contribution in [2.45, 2.75) is 6.54 Å². The fourth-order valence-electron chi connectivity index (χ4n) is 1.34. The van der Waals surface area contributed by atoms with E-state index in [0.717, 1.165) is 5.56 Å². The van der Waals surface area contributed by atoms with Crippen LogP contribution in [0, 0.1) is 0 Å². The molecule has 2 N–H and O–H groups in total. The van der Waals surface area contributed by atoms with E-state index in [1.807, 2.05) is 0 Å². The number of amides is 1. The summed E-state index contributed by atoms with van der Waals surface area (Å²) in [5.41, 5.74) is 1.33. The molecule has 6 heteroatoms. The smallest absolute Gasteiger partial charge is 0.251 e. The van der Waals surface area contributed by atoms with Crippen LogP contribution >= 0.6 is 23.2 Å². The van der Waals surface area contributed by atoms with Gasteiger partial charge in [0, 0.05) is 33.9 Å². The van der Waals surface area contributed by atoms with Gasteiger partial charge in [-0.05, 0) is 18.2 Å². The molecule has 0 unspecified atom stereocenters. The van der Waals surface area contributed by atoms with Gasteiger partial charge in [-0.25, -0.2) is 0 Å². The second-order valence-electron chi connectivity index (χ2n) is 3.45. The molecule has 0 bridgehead atoms. The number of hydrogen-bond donors (Lipinski definition) is 2. The van der Waals surface area contributed by atoms with Gasteiger partial charge < -0.3 is 5.32 Å². The maximum absolute atomic E-state index is 11.8. The molecule has 1 aromatic carbocycles. The highest BCUT2D eigenvalue weighted by Crippen LogP contribution is 2.18. The zero-order valence-electron chi connectivity index (χ0n) is 8.71. The monoisotopic (exact) mass is 269 g/mol. The highest BCUT2D eigenvalue weighted by molar-refractivity contribution is 6.35. The van der Waals surface area contributed by atoms with E-state index < -0.39 is 0 Å². The molecular weight excluding hydrogens is 261 g/mol. The van der Waals surface area contributed by atoms with E-state index in [9.17, 15) is 4.79 Å². The molecule has 17 heavy (non-hydrogen) atoms. The van der Waals surface area contributed by atoms with Crippen LogP contribution in [0.2, 0.25) is 10.0 Å². The van der Waals surface area contributed by atoms with Crippen molar-refractivity contribution in [3.63, 3.8) is 0 Å². The molecule has 2 aromatic rings. The van der Waals surface area contributed by atoms with Crippen LogP contribution in [-0.2, 0) is 6.54 Å². The predicted molar refractivity (Wildman–Crippen MR) is 66.2 cm³/mol. The number of carbonyl (C=O) groups is 1. The number of carbonyl (C=O) groups excluding carboxylic acids is 1. The van der Waals surface area contributed by atoms with Crippen molar-refractivity contribution in [2.24, 2.45) is 0 Å². The Morgan fingerprint density at radius 3 is 2.59 bits per heavy atom. The van der Waals surface area contributed by atoms with E-state index in [0.29, 0.717) is 22.2 Å². The number of nitrogens with zero attached hydrogens (tertiary/aromatic N) is 1. The second-order valence-corrected chi connectivity index (χ2v) is 4.32. The molecule has 0 aliphatic rings. The summed E-state index contributed by atoms with van der Waals surface area (Å²) < 4.78 is 0. The van der Waals surface area contributed by atoms with Gasteiger partial charge in [-0.15, -0.1) is 0 Å². The average molecular weight is 270 g/mol. The summed E-state index contributed by atoms with van der Waals surface area (Å²) in [5, 5.41) is 10.1. The van der Waals surface area contributed by atoms with Crippen molar-refractivity contribution in [3.05, 3.63) is 51.8 Å². The average Bonchev–Trinajstić information content (AvgIpc) is 2.77. The number of rotatable bonds is 3. The molecule has 1 amide bonds. The topological polar surface area (TPSA) is 57.8 Å². The van der Waals surface area contributed by atoms with Crippen molar-refractivity contribution in [1.29, 1.82) is 0 Å². The molecule has 2 rings (SSSR count). The molecule has 0 radical (unpaired) electrons. The largest absolute Gasteiger partial charge is 0.348 e. The van der Waals surface area contributed by atoms with Gasteiger partial charge in [0.15, 0.2) is 0 Å². The number of hydrogen-bond acceptors (Lipinski definition) is 2. The van der Waals surface area contributed by atoms with Gasteiger partial charge >= 0.3 is 0 Å². The number of aromatic nitrogens is 2. The lowest BCUT2D eigenvalue weighted by molar-refractivity contribution is 0.0951. The Hall–Kier alpha value is -1.52. The van der Waals surface area contributed by atoms with Crippen molar-refractivity contribution >= 4 is 29.1 Å². The van der Waals surface area contributed by atoms with E-state index >= 15 is 0 Å². The van der Waals surface area contributed by atoms with Gasteiger partial charge in [-0.1, -0.05) is 23.2 Å². The number of H-pyrrole nitrogens is 1. The Kier molecular flexibility index (Phi) is 3.66. The summed E-state index contributed by atoms with van der Waals surface area (Å²) in [6.07, 6.45) is 3.36. The van der Waals surface area contributed by atoms with E-state index in [-0.39, 0.29) is 5.91 Å². The molecular formula is C11H9Cl2N3O. The standard InChI is InChI=1S/C11H9Cl2N3O/c12-9-1-8(2-10(13)3-9)11(17)14-4-7-5-15-16-6-7/h1-3,5-6H,4H2,(H,14,17)(H,15,16). The van der Waals surface area contributed by atoms with Gasteiger partial charge in [0.1, 0.15) is 0 Å². The Balaban J connectivity index is 2.04. The molecule has 0 aliphatic carbocycles. The minimum atomic E-state index is -0.226. The summed E-state index contributed by atoms with van der Waals surface area (Å²) >= 11 is 11.6. The van der Waals surface area contributed by atoms with Crippen LogP contribution in [0.5, 0.6) is 0 Å². The zero-order valence-corrected chi connectivity index (χ0v) is 10.2. The quantitative estimate of drug-likeness (QED) is 0.900. The molecule has 4 nitrogen and oxygen atoms in total. The van der Waals surface area contributed by atoms with Crippen LogP contribution in [0.3, 0.4) is 0 Å². The van der Waals surface area contributed by atoms with Crippen LogP contribution in [0.4, 0.5) is 0 Å². The molecule has 0 saturated carbocycles. The van der Waals surface area contributed by atoms with Gasteiger partial charge in [0.25, 0.3) is 5.91 Å². The molecule has 1 aromatic heterocycles. The summed E-state index contributed by atoms with van der Waals surface area (Å²) in [6, 6.07) is 4.71. The van der Waals surface area contributed by atoms with Gasteiger partial charge in [-0.3, -0.25) is 9.89 Å². The van der Waals surface area contributed by atoms with Crippen LogP contribution in [0.15, 0.2) is 30.6 Å². The Bertz CT molecular complexity index is 505. The van der Waals surface area contributed by atoms with E-state index in [1.165, 1.54) is 0 Å². The first-order valence-corrected chi connectivity index (χ1v) is 5.63. The molecule has 0 fully saturated rings. The molecule has 88 valence electrons. The third-order valence-corrected chi connectivity index (χ3v) is 2.57. The Morgan fingerprint density at radius 1 is 1.29 bits per heavy atom. The first-order chi connectivity index (χ1) is 8.15. The van der Waals surface area contributed by atoms with Crippen molar-refractivity contribution < 1.29 is 4.79 Å². The first kappa shape index (κ1) is 12.0. The van der Waals surface area contributed by atoms with E-state index in [1.54, 1.807) is 30.6 Å². The van der Waals surface area contributed by atoms with Crippen LogP contribution in [-0.4, -0.2) is 16.1 Å². The lowest BCUT2D eigenvalue weighted by atomic mass is 10.2. The van der Waals surface area contributed by atoms with Gasteiger partial charge in [0.05, 0.1) is 6.20 Å². The van der Waals surface area contributed by atoms with Crippen molar-refractivity contribution in [1.82, 2.24) is 15.5 Å². The van der Waals surface area contributed by atoms with Gasteiger partial charge in [-0.2, -0.15) is 5.10 Å². The molecule has 1 heterocycles. The van der Waals surface area contributed by atoms with E-state index in [2.05, 4.69) is 15.5 Å². The van der Waals surface area contributed by atoms with Crippen LogP contribution in [0.25, 0.3) is 0 Å². The zero-order chi connectivity index (χ0) is 12.3. The van der Waals surface area contributed by atoms with Crippen LogP contribution in [0.1, 0.15) is 15.9 Å². The third-order valence-electron chi connectivity index (χ3n) is 2.13. The first-order valence-electron chi connectivity index (χ1n) is 4.87. The fourth-order valence-corrected chi connectivity index (χ4v) is 1.87. The second kappa shape index (κ2) is 5.21. The van der Waals surface area contributed by atoms with E-state index in [4.69, 9.17) is 23.2 Å². The third kappa shape index (κ3) is 3.22. The highest BCUT2D eigenvalue weighted by atomic mass is 35.5. The molecule has 0 aliphatic heterocycles. The maximum Gasteiger partial charge on any atom is 0.251 e. The van der Waals surface area contributed by atoms with Gasteiger partial charge in [0.2, 0.25) is 0 Å². The molecule has 0 atom stereocenters. The lowest BCUT2D eigenvalue weighted by Gasteiger charge is -2.04. The summed E-state index contributed by atoms with van der Waals surface area (Å²) in [5.74, 6) is -0.226. The van der Waals surface area contributed by atoms with Crippen LogP contribution < -0.4 is 5.32 Å². The minimum absolute atomic E-state index is 0.226. The van der Waals surface area contributed by atoms with Crippen molar-refractivity contribution in [3.8, 4) is 0 Å². The normalized spacial score (nSPS) is 10.2. The number of aromatic amines is 1. The predicted octanol–water partition coefficient (Wildman–Crippen LogP) is 2.65. The maximum atomic E-state index is 11.8. The number of benzene rings is 1. The molecule has 0 saturated heterocycles. The van der Waals surface area contributed by atoms with Crippen molar-refractivity contribution in [2.75, 3.05) is 0 Å². The fraction of sp³-hybridized carbons (Fsp3) is 0.0909. The summed E-state index contributed by atoms with van der Waals surface area (Å²) in [7, 11) is 0. The Morgan fingerprint density at radius 2 is 2.00 bits per heavy atom. The molecule has 0 spiro atoms. The number of nitrogens with one attached hydrogen (secondary N) is 2. The minimum Gasteiger partial charge on any atom is -0.348 e. The highest BCUT2D eigenvalue weighted by Gasteiger charge is 2.07. The summed E-state index contributed by atoms with van der Waals surface area (Å²) in [6.45, 7) is 0.402. The lowest BCUT2D eigenvalue weighted by Crippen LogP contribution is -2.22. The Labute approximate surface area is 108 Å². The number of halogens is 2. The SMILES string of the molecule is O=C(NCc1cn[nH]c1)c1cc(Cl)cc(Cl)c1.